The second-order valence-electron chi connectivity index (χ2n) is 6.53. The molecule has 0 fully saturated rings. The highest BCUT2D eigenvalue weighted by atomic mass is 32.1. The van der Waals surface area contributed by atoms with Crippen molar-refractivity contribution in [2.45, 2.75) is 33.2 Å². The van der Waals surface area contributed by atoms with Gasteiger partial charge in [0.2, 0.25) is 11.9 Å². The Morgan fingerprint density at radius 1 is 1.14 bits per heavy atom. The number of hydrogen-bond acceptors (Lipinski definition) is 8. The third-order valence-corrected chi connectivity index (χ3v) is 5.76. The third kappa shape index (κ3) is 3.95. The molecule has 0 aliphatic rings. The maximum Gasteiger partial charge on any atom is 0.262 e. The average Bonchev–Trinajstić information content (AvgIpc) is 3.14. The lowest BCUT2D eigenvalue weighted by atomic mass is 10.1. The first-order valence-corrected chi connectivity index (χ1v) is 10.2. The van der Waals surface area contributed by atoms with Crippen molar-refractivity contribution in [1.82, 2.24) is 24.5 Å². The molecule has 1 aromatic carbocycles. The van der Waals surface area contributed by atoms with E-state index in [2.05, 4.69) is 39.1 Å². The monoisotopic (exact) mass is 407 g/mol. The number of benzene rings is 1. The molecular formula is C20H21N7OS. The molecule has 0 saturated heterocycles. The minimum absolute atomic E-state index is 0.0948. The Kier molecular flexibility index (Phi) is 5.22. The molecule has 4 aromatic rings. The van der Waals surface area contributed by atoms with E-state index in [0.717, 1.165) is 33.8 Å². The van der Waals surface area contributed by atoms with E-state index in [4.69, 9.17) is 5.73 Å². The highest BCUT2D eigenvalue weighted by Crippen LogP contribution is 2.22. The summed E-state index contributed by atoms with van der Waals surface area (Å²) < 4.78 is 1.49. The van der Waals surface area contributed by atoms with Crippen LogP contribution >= 0.6 is 11.3 Å². The molecule has 0 unspecified atom stereocenters. The fourth-order valence-corrected chi connectivity index (χ4v) is 4.01. The number of hydrogen-bond donors (Lipinski definition) is 2. The highest BCUT2D eigenvalue weighted by Gasteiger charge is 2.12. The summed E-state index contributed by atoms with van der Waals surface area (Å²) in [5.41, 5.74) is 7.82. The largest absolute Gasteiger partial charge is 0.368 e. The summed E-state index contributed by atoms with van der Waals surface area (Å²) in [6.07, 6.45) is 3.27. The van der Waals surface area contributed by atoms with E-state index in [0.29, 0.717) is 17.2 Å². The molecule has 4 rings (SSSR count). The lowest BCUT2D eigenvalue weighted by Gasteiger charge is -2.11. The number of anilines is 3. The van der Waals surface area contributed by atoms with Crippen molar-refractivity contribution < 1.29 is 0 Å². The Morgan fingerprint density at radius 2 is 1.97 bits per heavy atom. The van der Waals surface area contributed by atoms with E-state index in [1.165, 1.54) is 10.9 Å². The number of nitrogens with two attached hydrogens (primary N) is 1. The van der Waals surface area contributed by atoms with Crippen LogP contribution in [0.15, 0.2) is 41.5 Å². The summed E-state index contributed by atoms with van der Waals surface area (Å²) >= 11 is 1.54. The van der Waals surface area contributed by atoms with Gasteiger partial charge in [0.15, 0.2) is 5.82 Å². The quantitative estimate of drug-likeness (QED) is 0.505. The van der Waals surface area contributed by atoms with Gasteiger partial charge in [0.05, 0.1) is 18.3 Å². The van der Waals surface area contributed by atoms with E-state index < -0.39 is 0 Å². The van der Waals surface area contributed by atoms with Crippen LogP contribution in [0.25, 0.3) is 10.2 Å². The Morgan fingerprint density at radius 3 is 2.76 bits per heavy atom. The van der Waals surface area contributed by atoms with Crippen LogP contribution < -0.4 is 16.6 Å². The van der Waals surface area contributed by atoms with E-state index in [-0.39, 0.29) is 18.1 Å². The fourth-order valence-electron chi connectivity index (χ4n) is 3.08. The summed E-state index contributed by atoms with van der Waals surface area (Å²) in [7, 11) is 0. The molecule has 29 heavy (non-hydrogen) atoms. The Labute approximate surface area is 171 Å². The minimum Gasteiger partial charge on any atom is -0.368 e. The first kappa shape index (κ1) is 19.0. The Balaban J connectivity index is 1.65. The molecule has 0 bridgehead atoms. The Hall–Kier alpha value is -3.33. The molecule has 0 aliphatic heterocycles. The third-order valence-electron chi connectivity index (χ3n) is 4.57. The molecule has 0 spiro atoms. The second kappa shape index (κ2) is 7.96. The van der Waals surface area contributed by atoms with E-state index >= 15 is 0 Å². The maximum absolute atomic E-state index is 12.8. The van der Waals surface area contributed by atoms with Gasteiger partial charge in [-0.1, -0.05) is 32.0 Å². The van der Waals surface area contributed by atoms with Crippen molar-refractivity contribution in [2.75, 3.05) is 11.1 Å². The van der Waals surface area contributed by atoms with Crippen molar-refractivity contribution in [3.8, 4) is 0 Å². The van der Waals surface area contributed by atoms with Crippen LogP contribution in [0.2, 0.25) is 0 Å². The van der Waals surface area contributed by atoms with Crippen LogP contribution in [0.5, 0.6) is 0 Å². The van der Waals surface area contributed by atoms with Crippen molar-refractivity contribution in [3.05, 3.63) is 63.3 Å². The highest BCUT2D eigenvalue weighted by molar-refractivity contribution is 7.18. The van der Waals surface area contributed by atoms with Gasteiger partial charge in [-0.15, -0.1) is 11.3 Å². The molecule has 0 radical (unpaired) electrons. The molecule has 3 aromatic heterocycles. The SMILES string of the molecule is CCc1cc2c(=O)n(Cc3nc(N)nc(Nc4ccccc4CC)n3)cnc2s1. The van der Waals surface area contributed by atoms with Gasteiger partial charge in [0.1, 0.15) is 4.83 Å². The molecule has 0 aliphatic carbocycles. The van der Waals surface area contributed by atoms with Gasteiger partial charge in [-0.3, -0.25) is 9.36 Å². The van der Waals surface area contributed by atoms with E-state index in [1.54, 1.807) is 11.3 Å². The summed E-state index contributed by atoms with van der Waals surface area (Å²) in [5, 5.41) is 3.82. The van der Waals surface area contributed by atoms with E-state index in [9.17, 15) is 4.79 Å². The van der Waals surface area contributed by atoms with Crippen LogP contribution in [0.4, 0.5) is 17.6 Å². The van der Waals surface area contributed by atoms with Crippen LogP contribution in [0, 0.1) is 0 Å². The lowest BCUT2D eigenvalue weighted by Crippen LogP contribution is -2.22. The summed E-state index contributed by atoms with van der Waals surface area (Å²) in [6.45, 7) is 4.30. The zero-order valence-corrected chi connectivity index (χ0v) is 17.0. The standard InChI is InChI=1S/C20H21N7OS/c1-3-12-7-5-6-8-15(12)23-20-25-16(24-19(21)26-20)10-27-11-22-17-14(18(27)28)9-13(4-2)29-17/h5-9,11H,3-4,10H2,1-2H3,(H3,21,23,24,25,26). The molecule has 3 N–H and O–H groups in total. The fraction of sp³-hybridized carbons (Fsp3) is 0.250. The number of aromatic nitrogens is 5. The normalized spacial score (nSPS) is 11.1. The zero-order valence-electron chi connectivity index (χ0n) is 16.2. The second-order valence-corrected chi connectivity index (χ2v) is 7.65. The van der Waals surface area contributed by atoms with Gasteiger partial charge >= 0.3 is 0 Å². The molecular weight excluding hydrogens is 386 g/mol. The number of aryl methyl sites for hydroxylation is 2. The lowest BCUT2D eigenvalue weighted by molar-refractivity contribution is 0.704. The molecule has 3 heterocycles. The number of fused-ring (bicyclic) bond motifs is 1. The van der Waals surface area contributed by atoms with Crippen molar-refractivity contribution >= 4 is 39.1 Å². The smallest absolute Gasteiger partial charge is 0.262 e. The van der Waals surface area contributed by atoms with E-state index in [1.807, 2.05) is 30.3 Å². The van der Waals surface area contributed by atoms with Gasteiger partial charge in [0.25, 0.3) is 5.56 Å². The maximum atomic E-state index is 12.8. The van der Waals surface area contributed by atoms with Gasteiger partial charge in [-0.2, -0.15) is 15.0 Å². The number of nitrogens with one attached hydrogen (secondary N) is 1. The number of para-hydroxylation sites is 1. The minimum atomic E-state index is -0.115. The van der Waals surface area contributed by atoms with Crippen molar-refractivity contribution in [3.63, 3.8) is 0 Å². The molecule has 9 heteroatoms. The average molecular weight is 408 g/mol. The zero-order chi connectivity index (χ0) is 20.4. The number of nitrogens with zero attached hydrogens (tertiary/aromatic N) is 5. The van der Waals surface area contributed by atoms with Gasteiger partial charge < -0.3 is 11.1 Å². The number of thiophene rings is 1. The summed E-state index contributed by atoms with van der Waals surface area (Å²) in [4.78, 5) is 31.9. The Bertz CT molecular complexity index is 1230. The summed E-state index contributed by atoms with van der Waals surface area (Å²) in [6, 6.07) is 9.84. The van der Waals surface area contributed by atoms with Crippen LogP contribution in [-0.4, -0.2) is 24.5 Å². The predicted octanol–water partition coefficient (Wildman–Crippen LogP) is 3.14. The molecule has 0 atom stereocenters. The van der Waals surface area contributed by atoms with Gasteiger partial charge in [-0.05, 0) is 30.5 Å². The van der Waals surface area contributed by atoms with Crippen LogP contribution in [0.3, 0.4) is 0 Å². The first-order chi connectivity index (χ1) is 14.1. The molecule has 0 saturated carbocycles. The predicted molar refractivity (Wildman–Crippen MR) is 116 cm³/mol. The molecule has 0 amide bonds. The number of rotatable bonds is 6. The topological polar surface area (TPSA) is 112 Å². The molecule has 148 valence electrons. The van der Waals surface area contributed by atoms with Crippen LogP contribution in [0.1, 0.15) is 30.1 Å². The number of nitrogen functional groups attached to an aromatic ring is 1. The first-order valence-electron chi connectivity index (χ1n) is 9.40. The molecule has 8 nitrogen and oxygen atoms in total. The van der Waals surface area contributed by atoms with Gasteiger partial charge in [-0.25, -0.2) is 4.98 Å². The summed E-state index contributed by atoms with van der Waals surface area (Å²) in [5.74, 6) is 0.833. The van der Waals surface area contributed by atoms with Crippen LogP contribution in [-0.2, 0) is 19.4 Å². The van der Waals surface area contributed by atoms with Gasteiger partial charge in [0, 0.05) is 10.6 Å². The van der Waals surface area contributed by atoms with Crippen molar-refractivity contribution in [2.24, 2.45) is 0 Å². The van der Waals surface area contributed by atoms with Crippen molar-refractivity contribution in [1.29, 1.82) is 0 Å².